The Morgan fingerprint density at radius 1 is 0.826 bits per heavy atom. The fraction of sp³-hybridized carbons (Fsp3) is 0.222. The van der Waals surface area contributed by atoms with Gasteiger partial charge in [0, 0.05) is 14.1 Å². The molecule has 0 atom stereocenters. The van der Waals surface area contributed by atoms with E-state index in [-0.39, 0.29) is 6.61 Å². The van der Waals surface area contributed by atoms with Crippen molar-refractivity contribution in [3.05, 3.63) is 60.2 Å². The Kier molecular flexibility index (Phi) is 4.12. The summed E-state index contributed by atoms with van der Waals surface area (Å²) < 4.78 is 3.99. The van der Waals surface area contributed by atoms with Gasteiger partial charge in [-0.15, -0.1) is 0 Å². The summed E-state index contributed by atoms with van der Waals surface area (Å²) in [6.07, 6.45) is 0. The van der Waals surface area contributed by atoms with E-state index in [9.17, 15) is 0 Å². The molecule has 0 fully saturated rings. The molecule has 2 heterocycles. The molecule has 4 aromatic rings. The normalized spacial score (nSPS) is 10.8. The number of fused-ring (bicyclic) bond motifs is 2. The molecule has 0 aliphatic rings. The molecule has 4 rings (SSSR count). The largest absolute Gasteiger partial charge is 0.388 e. The van der Waals surface area contributed by atoms with Gasteiger partial charge in [-0.25, -0.2) is 9.97 Å². The highest BCUT2D eigenvalue weighted by Crippen LogP contribution is 2.14. The standard InChI is InChI=1S/C9H10N2O.C9H10N2/c1-11-8-5-3-2-4-7(8)10-9(11)6-12;1-7-10-8-5-3-4-6-9(8)11(7)2/h2-5,12H,6H2,1H3;3-6H,1-2H3. The minimum atomic E-state index is -0.00875. The lowest BCUT2D eigenvalue weighted by Crippen LogP contribution is -1.96. The Morgan fingerprint density at radius 2 is 1.35 bits per heavy atom. The van der Waals surface area contributed by atoms with Crippen molar-refractivity contribution in [2.75, 3.05) is 0 Å². The molecule has 5 nitrogen and oxygen atoms in total. The monoisotopic (exact) mass is 308 g/mol. The first kappa shape index (κ1) is 15.2. The van der Waals surface area contributed by atoms with E-state index < -0.39 is 0 Å². The van der Waals surface area contributed by atoms with Crippen LogP contribution in [0.15, 0.2) is 48.5 Å². The van der Waals surface area contributed by atoms with Crippen LogP contribution in [0.1, 0.15) is 11.6 Å². The van der Waals surface area contributed by atoms with Crippen LogP contribution in [0.25, 0.3) is 22.1 Å². The lowest BCUT2D eigenvalue weighted by atomic mass is 10.3. The van der Waals surface area contributed by atoms with Gasteiger partial charge in [0.15, 0.2) is 0 Å². The van der Waals surface area contributed by atoms with Gasteiger partial charge < -0.3 is 14.2 Å². The van der Waals surface area contributed by atoms with Crippen LogP contribution >= 0.6 is 0 Å². The van der Waals surface area contributed by atoms with E-state index in [1.165, 1.54) is 5.52 Å². The zero-order valence-electron chi connectivity index (χ0n) is 13.6. The average molecular weight is 308 g/mol. The van der Waals surface area contributed by atoms with Gasteiger partial charge >= 0.3 is 0 Å². The van der Waals surface area contributed by atoms with Crippen LogP contribution in [0, 0.1) is 6.92 Å². The second-order valence-electron chi connectivity index (χ2n) is 5.44. The van der Waals surface area contributed by atoms with Gasteiger partial charge in [-0.2, -0.15) is 0 Å². The summed E-state index contributed by atoms with van der Waals surface area (Å²) in [5, 5.41) is 8.94. The molecule has 0 aliphatic carbocycles. The van der Waals surface area contributed by atoms with Crippen molar-refractivity contribution in [3.8, 4) is 0 Å². The molecule has 0 spiro atoms. The van der Waals surface area contributed by atoms with E-state index in [0.29, 0.717) is 5.82 Å². The minimum Gasteiger partial charge on any atom is -0.388 e. The summed E-state index contributed by atoms with van der Waals surface area (Å²) in [4.78, 5) is 8.62. The van der Waals surface area contributed by atoms with Crippen LogP contribution in [0.2, 0.25) is 0 Å². The maximum Gasteiger partial charge on any atom is 0.135 e. The Labute approximate surface area is 134 Å². The number of hydrogen-bond donors (Lipinski definition) is 1. The van der Waals surface area contributed by atoms with Crippen molar-refractivity contribution in [1.29, 1.82) is 0 Å². The molecule has 0 unspecified atom stereocenters. The molecule has 2 aromatic heterocycles. The Bertz CT molecular complexity index is 952. The number of aromatic nitrogens is 4. The SMILES string of the molecule is Cc1nc2ccccc2n1C.Cn1c(CO)nc2ccccc21. The van der Waals surface area contributed by atoms with E-state index in [1.807, 2.05) is 68.1 Å². The third kappa shape index (κ3) is 2.83. The smallest absolute Gasteiger partial charge is 0.135 e. The highest BCUT2D eigenvalue weighted by Gasteiger charge is 2.04. The van der Waals surface area contributed by atoms with Crippen LogP contribution in [0.3, 0.4) is 0 Å². The van der Waals surface area contributed by atoms with Crippen molar-refractivity contribution in [3.63, 3.8) is 0 Å². The van der Waals surface area contributed by atoms with Gasteiger partial charge in [0.1, 0.15) is 18.3 Å². The molecule has 0 saturated carbocycles. The van der Waals surface area contributed by atoms with Crippen molar-refractivity contribution >= 4 is 22.1 Å². The van der Waals surface area contributed by atoms with Crippen LogP contribution < -0.4 is 0 Å². The predicted molar refractivity (Wildman–Crippen MR) is 92.1 cm³/mol. The van der Waals surface area contributed by atoms with Crippen molar-refractivity contribution in [2.24, 2.45) is 14.1 Å². The van der Waals surface area contributed by atoms with E-state index in [1.54, 1.807) is 0 Å². The molecule has 1 N–H and O–H groups in total. The van der Waals surface area contributed by atoms with Gasteiger partial charge in [0.25, 0.3) is 0 Å². The zero-order valence-corrected chi connectivity index (χ0v) is 13.6. The van der Waals surface area contributed by atoms with Crippen LogP contribution in [0.4, 0.5) is 0 Å². The first-order valence-electron chi connectivity index (χ1n) is 7.51. The lowest BCUT2D eigenvalue weighted by molar-refractivity contribution is 0.268. The Hall–Kier alpha value is -2.66. The van der Waals surface area contributed by atoms with Crippen LogP contribution in [0.5, 0.6) is 0 Å². The quantitative estimate of drug-likeness (QED) is 0.588. The number of aliphatic hydroxyl groups excluding tert-OH is 1. The van der Waals surface area contributed by atoms with Gasteiger partial charge in [-0.05, 0) is 31.2 Å². The Balaban J connectivity index is 0.000000136. The lowest BCUT2D eigenvalue weighted by Gasteiger charge is -1.96. The van der Waals surface area contributed by atoms with Crippen molar-refractivity contribution < 1.29 is 5.11 Å². The number of para-hydroxylation sites is 4. The summed E-state index contributed by atoms with van der Waals surface area (Å²) in [7, 11) is 3.94. The summed E-state index contributed by atoms with van der Waals surface area (Å²) in [5.74, 6) is 1.77. The molecule has 0 bridgehead atoms. The van der Waals surface area contributed by atoms with Crippen LogP contribution in [-0.4, -0.2) is 24.2 Å². The minimum absolute atomic E-state index is 0.00875. The van der Waals surface area contributed by atoms with Crippen LogP contribution in [-0.2, 0) is 20.7 Å². The zero-order chi connectivity index (χ0) is 16.4. The van der Waals surface area contributed by atoms with E-state index in [0.717, 1.165) is 22.4 Å². The Morgan fingerprint density at radius 3 is 1.87 bits per heavy atom. The molecule has 0 amide bonds. The van der Waals surface area contributed by atoms with Gasteiger partial charge in [-0.1, -0.05) is 24.3 Å². The molecule has 0 saturated heterocycles. The highest BCUT2D eigenvalue weighted by atomic mass is 16.3. The fourth-order valence-corrected chi connectivity index (χ4v) is 2.60. The third-order valence-electron chi connectivity index (χ3n) is 4.03. The molecule has 5 heteroatoms. The van der Waals surface area contributed by atoms with Gasteiger partial charge in [0.2, 0.25) is 0 Å². The molecule has 0 aliphatic heterocycles. The molecule has 0 radical (unpaired) electrons. The molecule has 118 valence electrons. The van der Waals surface area contributed by atoms with Crippen molar-refractivity contribution in [2.45, 2.75) is 13.5 Å². The van der Waals surface area contributed by atoms with Gasteiger partial charge in [-0.3, -0.25) is 0 Å². The van der Waals surface area contributed by atoms with E-state index >= 15 is 0 Å². The first-order chi connectivity index (χ1) is 11.1. The fourth-order valence-electron chi connectivity index (χ4n) is 2.60. The predicted octanol–water partition coefficient (Wildman–Crippen LogP) is 2.95. The first-order valence-corrected chi connectivity index (χ1v) is 7.51. The maximum absolute atomic E-state index is 8.94. The average Bonchev–Trinajstić information content (AvgIpc) is 3.06. The maximum atomic E-state index is 8.94. The molecule has 2 aromatic carbocycles. The summed E-state index contributed by atoms with van der Waals surface area (Å²) in [6, 6.07) is 16.0. The third-order valence-corrected chi connectivity index (χ3v) is 4.03. The number of aryl methyl sites for hydroxylation is 3. The number of rotatable bonds is 1. The number of hydrogen-bond acceptors (Lipinski definition) is 3. The number of aliphatic hydroxyl groups is 1. The topological polar surface area (TPSA) is 55.9 Å². The van der Waals surface area contributed by atoms with E-state index in [4.69, 9.17) is 5.11 Å². The summed E-state index contributed by atoms with van der Waals surface area (Å²) in [5.41, 5.74) is 4.27. The second-order valence-corrected chi connectivity index (χ2v) is 5.44. The van der Waals surface area contributed by atoms with E-state index in [2.05, 4.69) is 20.6 Å². The molecule has 23 heavy (non-hydrogen) atoms. The highest BCUT2D eigenvalue weighted by molar-refractivity contribution is 5.76. The molecular weight excluding hydrogens is 288 g/mol. The van der Waals surface area contributed by atoms with Crippen molar-refractivity contribution in [1.82, 2.24) is 19.1 Å². The van der Waals surface area contributed by atoms with Gasteiger partial charge in [0.05, 0.1) is 22.1 Å². The number of benzene rings is 2. The summed E-state index contributed by atoms with van der Waals surface area (Å²) in [6.45, 7) is 2.01. The summed E-state index contributed by atoms with van der Waals surface area (Å²) >= 11 is 0. The second kappa shape index (κ2) is 6.22. The number of imidazole rings is 2. The number of nitrogens with zero attached hydrogens (tertiary/aromatic N) is 4. The molecular formula is C18H20N4O.